The molecule has 0 aromatic heterocycles. The summed E-state index contributed by atoms with van der Waals surface area (Å²) in [6, 6.07) is 0.471. The summed E-state index contributed by atoms with van der Waals surface area (Å²) in [5.41, 5.74) is 0. The van der Waals surface area contributed by atoms with Gasteiger partial charge in [0.25, 0.3) is 0 Å². The highest BCUT2D eigenvalue weighted by Crippen LogP contribution is 2.01. The summed E-state index contributed by atoms with van der Waals surface area (Å²) in [6.45, 7) is 1.89. The molecule has 0 bridgehead atoms. The standard InChI is InChI=1S/C5H10N4/c1-4-5(8-2-6-1)9-3-7-4/h3-6,8H,1-2H2,(H,7,9). The van der Waals surface area contributed by atoms with Crippen molar-refractivity contribution >= 4 is 6.34 Å². The van der Waals surface area contributed by atoms with E-state index in [4.69, 9.17) is 0 Å². The average molecular weight is 126 g/mol. The fraction of sp³-hybridized carbons (Fsp3) is 0.800. The summed E-state index contributed by atoms with van der Waals surface area (Å²) in [7, 11) is 0. The third-order valence-electron chi connectivity index (χ3n) is 1.71. The molecule has 3 N–H and O–H groups in total. The van der Waals surface area contributed by atoms with Crippen LogP contribution in [0.4, 0.5) is 0 Å². The molecule has 2 unspecified atom stereocenters. The van der Waals surface area contributed by atoms with E-state index in [0.717, 1.165) is 13.2 Å². The minimum Gasteiger partial charge on any atom is -0.369 e. The first-order valence-electron chi connectivity index (χ1n) is 3.18. The van der Waals surface area contributed by atoms with Gasteiger partial charge in [-0.05, 0) is 0 Å². The lowest BCUT2D eigenvalue weighted by molar-refractivity contribution is 0.353. The summed E-state index contributed by atoms with van der Waals surface area (Å²) in [5, 5.41) is 9.55. The first kappa shape index (κ1) is 5.20. The smallest absolute Gasteiger partial charge is 0.124 e. The van der Waals surface area contributed by atoms with Crippen LogP contribution in [-0.4, -0.2) is 31.8 Å². The van der Waals surface area contributed by atoms with E-state index in [9.17, 15) is 0 Å². The van der Waals surface area contributed by atoms with Crippen LogP contribution in [0.5, 0.6) is 0 Å². The number of nitrogens with zero attached hydrogens (tertiary/aromatic N) is 1. The van der Waals surface area contributed by atoms with E-state index in [2.05, 4.69) is 20.9 Å². The molecule has 0 aromatic carbocycles. The molecular weight excluding hydrogens is 116 g/mol. The van der Waals surface area contributed by atoms with Crippen LogP contribution in [-0.2, 0) is 0 Å². The SMILES string of the molecule is C1=NC2NCNCC2N1. The van der Waals surface area contributed by atoms with E-state index in [1.165, 1.54) is 0 Å². The van der Waals surface area contributed by atoms with Gasteiger partial charge in [-0.2, -0.15) is 0 Å². The van der Waals surface area contributed by atoms with Crippen molar-refractivity contribution in [2.75, 3.05) is 13.2 Å². The molecule has 0 amide bonds. The number of hydrogen-bond donors (Lipinski definition) is 3. The van der Waals surface area contributed by atoms with Crippen LogP contribution < -0.4 is 16.0 Å². The molecule has 2 heterocycles. The third kappa shape index (κ3) is 0.799. The minimum atomic E-state index is 0.311. The Balaban J connectivity index is 2.03. The molecule has 1 saturated heterocycles. The van der Waals surface area contributed by atoms with Crippen LogP contribution >= 0.6 is 0 Å². The first-order chi connectivity index (χ1) is 4.47. The van der Waals surface area contributed by atoms with E-state index >= 15 is 0 Å². The number of hydrogen-bond acceptors (Lipinski definition) is 4. The molecule has 9 heavy (non-hydrogen) atoms. The van der Waals surface area contributed by atoms with E-state index < -0.39 is 0 Å². The summed E-state index contributed by atoms with van der Waals surface area (Å²) in [6.07, 6.45) is 2.08. The number of nitrogens with one attached hydrogen (secondary N) is 3. The Hall–Kier alpha value is -0.610. The lowest BCUT2D eigenvalue weighted by Gasteiger charge is -2.25. The summed E-state index contributed by atoms with van der Waals surface area (Å²) in [5.74, 6) is 0. The van der Waals surface area contributed by atoms with Crippen molar-refractivity contribution in [3.63, 3.8) is 0 Å². The second-order valence-corrected chi connectivity index (χ2v) is 2.33. The molecule has 0 spiro atoms. The van der Waals surface area contributed by atoms with Gasteiger partial charge in [0.05, 0.1) is 12.4 Å². The van der Waals surface area contributed by atoms with Gasteiger partial charge < -0.3 is 10.6 Å². The van der Waals surface area contributed by atoms with Crippen molar-refractivity contribution in [2.24, 2.45) is 4.99 Å². The van der Waals surface area contributed by atoms with Crippen molar-refractivity contribution in [3.05, 3.63) is 0 Å². The second kappa shape index (κ2) is 1.97. The highest BCUT2D eigenvalue weighted by molar-refractivity contribution is 5.58. The van der Waals surface area contributed by atoms with E-state index in [-0.39, 0.29) is 0 Å². The Morgan fingerprint density at radius 2 is 2.56 bits per heavy atom. The van der Waals surface area contributed by atoms with E-state index in [1.807, 2.05) is 0 Å². The predicted molar refractivity (Wildman–Crippen MR) is 35.2 cm³/mol. The van der Waals surface area contributed by atoms with E-state index in [1.54, 1.807) is 6.34 Å². The van der Waals surface area contributed by atoms with Gasteiger partial charge in [-0.1, -0.05) is 0 Å². The van der Waals surface area contributed by atoms with Gasteiger partial charge in [0, 0.05) is 13.2 Å². The van der Waals surface area contributed by atoms with Crippen molar-refractivity contribution in [1.29, 1.82) is 0 Å². The zero-order valence-electron chi connectivity index (χ0n) is 5.09. The zero-order valence-corrected chi connectivity index (χ0v) is 5.09. The monoisotopic (exact) mass is 126 g/mol. The predicted octanol–water partition coefficient (Wildman–Crippen LogP) is -1.54. The molecular formula is C5H10N4. The molecule has 2 aliphatic heterocycles. The highest BCUT2D eigenvalue weighted by atomic mass is 15.3. The molecule has 4 nitrogen and oxygen atoms in total. The van der Waals surface area contributed by atoms with E-state index in [0.29, 0.717) is 12.2 Å². The maximum atomic E-state index is 4.17. The number of aliphatic imine (C=N–C) groups is 1. The number of rotatable bonds is 0. The lowest BCUT2D eigenvalue weighted by Crippen LogP contribution is -2.55. The highest BCUT2D eigenvalue weighted by Gasteiger charge is 2.25. The topological polar surface area (TPSA) is 48.5 Å². The molecule has 2 rings (SSSR count). The summed E-state index contributed by atoms with van der Waals surface area (Å²) < 4.78 is 0. The Kier molecular flexibility index (Phi) is 1.13. The van der Waals surface area contributed by atoms with Crippen molar-refractivity contribution in [2.45, 2.75) is 12.2 Å². The molecule has 2 aliphatic rings. The summed E-state index contributed by atoms with van der Waals surface area (Å²) >= 11 is 0. The van der Waals surface area contributed by atoms with Gasteiger partial charge in [-0.15, -0.1) is 0 Å². The molecule has 1 fully saturated rings. The minimum absolute atomic E-state index is 0.311. The van der Waals surface area contributed by atoms with Gasteiger partial charge in [-0.3, -0.25) is 10.3 Å². The summed E-state index contributed by atoms with van der Waals surface area (Å²) in [4.78, 5) is 4.17. The molecule has 2 atom stereocenters. The van der Waals surface area contributed by atoms with Crippen LogP contribution in [0, 0.1) is 0 Å². The normalized spacial score (nSPS) is 40.0. The third-order valence-corrected chi connectivity index (χ3v) is 1.71. The van der Waals surface area contributed by atoms with Crippen LogP contribution in [0.15, 0.2) is 4.99 Å². The van der Waals surface area contributed by atoms with Gasteiger partial charge in [0.15, 0.2) is 0 Å². The first-order valence-corrected chi connectivity index (χ1v) is 3.18. The molecule has 0 radical (unpaired) electrons. The largest absolute Gasteiger partial charge is 0.369 e. The Bertz CT molecular complexity index is 133. The van der Waals surface area contributed by atoms with Gasteiger partial charge in [0.1, 0.15) is 6.17 Å². The fourth-order valence-corrected chi connectivity index (χ4v) is 1.18. The van der Waals surface area contributed by atoms with Crippen molar-refractivity contribution < 1.29 is 0 Å². The second-order valence-electron chi connectivity index (χ2n) is 2.33. The average Bonchev–Trinajstić information content (AvgIpc) is 2.33. The Labute approximate surface area is 53.7 Å². The van der Waals surface area contributed by atoms with Gasteiger partial charge in [0.2, 0.25) is 0 Å². The van der Waals surface area contributed by atoms with Crippen LogP contribution in [0.3, 0.4) is 0 Å². The maximum Gasteiger partial charge on any atom is 0.124 e. The molecule has 0 aromatic rings. The lowest BCUT2D eigenvalue weighted by atomic mass is 10.2. The maximum absolute atomic E-state index is 4.17. The number of fused-ring (bicyclic) bond motifs is 1. The van der Waals surface area contributed by atoms with Crippen LogP contribution in [0.1, 0.15) is 0 Å². The van der Waals surface area contributed by atoms with Gasteiger partial charge >= 0.3 is 0 Å². The van der Waals surface area contributed by atoms with Crippen molar-refractivity contribution in [3.8, 4) is 0 Å². The Morgan fingerprint density at radius 1 is 1.56 bits per heavy atom. The molecule has 50 valence electrons. The molecule has 4 heteroatoms. The molecule has 0 saturated carbocycles. The van der Waals surface area contributed by atoms with Crippen molar-refractivity contribution in [1.82, 2.24) is 16.0 Å². The van der Waals surface area contributed by atoms with Gasteiger partial charge in [-0.25, -0.2) is 0 Å². The quantitative estimate of drug-likeness (QED) is 0.369. The Morgan fingerprint density at radius 3 is 3.44 bits per heavy atom. The fourth-order valence-electron chi connectivity index (χ4n) is 1.18. The van der Waals surface area contributed by atoms with Crippen LogP contribution in [0.25, 0.3) is 0 Å². The molecule has 0 aliphatic carbocycles. The van der Waals surface area contributed by atoms with Crippen LogP contribution in [0.2, 0.25) is 0 Å². The zero-order chi connectivity index (χ0) is 6.10.